The Morgan fingerprint density at radius 3 is 2.27 bits per heavy atom. The maximum atomic E-state index is 12.9. The number of methoxy groups -OCH3 is 1. The molecule has 3 aromatic rings. The molecule has 5 heteroatoms. The first-order valence-corrected chi connectivity index (χ1v) is 8.43. The van der Waals surface area contributed by atoms with Crippen molar-refractivity contribution >= 4 is 5.91 Å². The van der Waals surface area contributed by atoms with Gasteiger partial charge in [-0.05, 0) is 47.0 Å². The van der Waals surface area contributed by atoms with E-state index in [-0.39, 0.29) is 5.91 Å². The number of rotatable bonds is 7. The fraction of sp³-hybridized carbons (Fsp3) is 0.190. The molecule has 0 radical (unpaired) electrons. The molecule has 0 unspecified atom stereocenters. The second kappa shape index (κ2) is 8.76. The molecule has 26 heavy (non-hydrogen) atoms. The summed E-state index contributed by atoms with van der Waals surface area (Å²) in [5.41, 5.74) is 3.01. The molecule has 132 valence electrons. The summed E-state index contributed by atoms with van der Waals surface area (Å²) in [4.78, 5) is 23.0. The van der Waals surface area contributed by atoms with Crippen LogP contribution < -0.4 is 4.74 Å². The quantitative estimate of drug-likeness (QED) is 0.658. The fourth-order valence-corrected chi connectivity index (χ4v) is 2.68. The van der Waals surface area contributed by atoms with Crippen LogP contribution in [0.5, 0.6) is 5.75 Å². The van der Waals surface area contributed by atoms with Crippen molar-refractivity contribution in [3.63, 3.8) is 0 Å². The summed E-state index contributed by atoms with van der Waals surface area (Å²) in [5.74, 6) is 0.848. The molecule has 0 atom stereocenters. The minimum absolute atomic E-state index is 0.0656. The number of ether oxygens (including phenoxy) is 1. The Balaban J connectivity index is 1.75. The maximum absolute atomic E-state index is 12.9. The zero-order valence-electron chi connectivity index (χ0n) is 14.7. The molecule has 2 aromatic heterocycles. The number of pyridine rings is 2. The number of aromatic nitrogens is 2. The first-order chi connectivity index (χ1) is 12.7. The third kappa shape index (κ3) is 4.89. The van der Waals surface area contributed by atoms with Crippen molar-refractivity contribution in [2.45, 2.75) is 19.5 Å². The van der Waals surface area contributed by atoms with Crippen molar-refractivity contribution in [1.82, 2.24) is 14.9 Å². The van der Waals surface area contributed by atoms with E-state index < -0.39 is 0 Å². The van der Waals surface area contributed by atoms with Gasteiger partial charge in [0.05, 0.1) is 13.5 Å². The smallest absolute Gasteiger partial charge is 0.227 e. The lowest BCUT2D eigenvalue weighted by Gasteiger charge is -2.23. The average Bonchev–Trinajstić information content (AvgIpc) is 2.69. The molecule has 2 heterocycles. The molecule has 0 fully saturated rings. The van der Waals surface area contributed by atoms with E-state index in [4.69, 9.17) is 4.74 Å². The minimum atomic E-state index is 0.0656. The Kier molecular flexibility index (Phi) is 5.93. The molecule has 0 bridgehead atoms. The lowest BCUT2D eigenvalue weighted by molar-refractivity contribution is -0.131. The van der Waals surface area contributed by atoms with Gasteiger partial charge in [-0.2, -0.15) is 0 Å². The Hall–Kier alpha value is -3.21. The highest BCUT2D eigenvalue weighted by molar-refractivity contribution is 5.78. The summed E-state index contributed by atoms with van der Waals surface area (Å²) in [6.07, 6.45) is 7.35. The third-order valence-electron chi connectivity index (χ3n) is 4.09. The van der Waals surface area contributed by atoms with Crippen molar-refractivity contribution < 1.29 is 9.53 Å². The van der Waals surface area contributed by atoms with Gasteiger partial charge in [0.15, 0.2) is 0 Å². The molecule has 1 aromatic carbocycles. The number of nitrogens with zero attached hydrogens (tertiary/aromatic N) is 3. The van der Waals surface area contributed by atoms with Gasteiger partial charge in [0.2, 0.25) is 5.91 Å². The van der Waals surface area contributed by atoms with Gasteiger partial charge in [0.1, 0.15) is 5.75 Å². The van der Waals surface area contributed by atoms with Crippen LogP contribution in [-0.2, 0) is 24.3 Å². The fourth-order valence-electron chi connectivity index (χ4n) is 2.68. The van der Waals surface area contributed by atoms with Crippen LogP contribution in [0.25, 0.3) is 0 Å². The van der Waals surface area contributed by atoms with Gasteiger partial charge < -0.3 is 9.64 Å². The molecular formula is C21H21N3O2. The number of amides is 1. The normalized spacial score (nSPS) is 10.3. The standard InChI is InChI=1S/C21H21N3O2/c1-26-20-6-4-17(5-7-20)13-21(25)24(15-18-8-11-22-12-9-18)16-19-3-2-10-23-14-19/h2-12,14H,13,15-16H2,1H3. The number of hydrogen-bond donors (Lipinski definition) is 0. The lowest BCUT2D eigenvalue weighted by atomic mass is 10.1. The van der Waals surface area contributed by atoms with Crippen molar-refractivity contribution in [1.29, 1.82) is 0 Å². The highest BCUT2D eigenvalue weighted by atomic mass is 16.5. The Bertz CT molecular complexity index is 779. The zero-order chi connectivity index (χ0) is 18.2. The molecule has 0 N–H and O–H groups in total. The van der Waals surface area contributed by atoms with E-state index in [9.17, 15) is 4.79 Å². The summed E-state index contributed by atoms with van der Waals surface area (Å²) in [7, 11) is 1.63. The van der Waals surface area contributed by atoms with Gasteiger partial charge in [0.25, 0.3) is 0 Å². The Morgan fingerprint density at radius 2 is 1.62 bits per heavy atom. The third-order valence-corrected chi connectivity index (χ3v) is 4.09. The summed E-state index contributed by atoms with van der Waals surface area (Å²) in [6, 6.07) is 15.3. The van der Waals surface area contributed by atoms with E-state index in [2.05, 4.69) is 9.97 Å². The van der Waals surface area contributed by atoms with E-state index >= 15 is 0 Å². The minimum Gasteiger partial charge on any atom is -0.497 e. The number of benzene rings is 1. The molecule has 1 amide bonds. The van der Waals surface area contributed by atoms with Crippen molar-refractivity contribution in [2.24, 2.45) is 0 Å². The SMILES string of the molecule is COc1ccc(CC(=O)N(Cc2ccncc2)Cc2cccnc2)cc1. The highest BCUT2D eigenvalue weighted by Gasteiger charge is 2.15. The number of carbonyl (C=O) groups excluding carboxylic acids is 1. The number of hydrogen-bond acceptors (Lipinski definition) is 4. The van der Waals surface area contributed by atoms with Crippen LogP contribution >= 0.6 is 0 Å². The van der Waals surface area contributed by atoms with E-state index in [1.54, 1.807) is 31.9 Å². The second-order valence-corrected chi connectivity index (χ2v) is 5.99. The summed E-state index contributed by atoms with van der Waals surface area (Å²) < 4.78 is 5.17. The van der Waals surface area contributed by atoms with Gasteiger partial charge >= 0.3 is 0 Å². The summed E-state index contributed by atoms with van der Waals surface area (Å²) in [6.45, 7) is 1.05. The van der Waals surface area contributed by atoms with Crippen LogP contribution in [0.4, 0.5) is 0 Å². The van der Waals surface area contributed by atoms with Crippen LogP contribution in [0.15, 0.2) is 73.3 Å². The predicted octanol–water partition coefficient (Wildman–Crippen LogP) is 3.26. The summed E-state index contributed by atoms with van der Waals surface area (Å²) >= 11 is 0. The molecular weight excluding hydrogens is 326 g/mol. The largest absolute Gasteiger partial charge is 0.497 e. The van der Waals surface area contributed by atoms with Crippen molar-refractivity contribution in [3.8, 4) is 5.75 Å². The zero-order valence-corrected chi connectivity index (χ0v) is 14.7. The first-order valence-electron chi connectivity index (χ1n) is 8.43. The van der Waals surface area contributed by atoms with Crippen LogP contribution in [0, 0.1) is 0 Å². The van der Waals surface area contributed by atoms with Gasteiger partial charge in [-0.15, -0.1) is 0 Å². The van der Waals surface area contributed by atoms with Crippen molar-refractivity contribution in [2.75, 3.05) is 7.11 Å². The molecule has 5 nitrogen and oxygen atoms in total. The molecule has 0 aliphatic carbocycles. The molecule has 0 saturated carbocycles. The Labute approximate surface area is 153 Å². The maximum Gasteiger partial charge on any atom is 0.227 e. The predicted molar refractivity (Wildman–Crippen MR) is 99.4 cm³/mol. The second-order valence-electron chi connectivity index (χ2n) is 5.99. The van der Waals surface area contributed by atoms with Crippen LogP contribution in [0.2, 0.25) is 0 Å². The average molecular weight is 347 g/mol. The van der Waals surface area contributed by atoms with E-state index in [1.165, 1.54) is 0 Å². The molecule has 3 rings (SSSR count). The van der Waals surface area contributed by atoms with E-state index in [0.29, 0.717) is 19.5 Å². The number of carbonyl (C=O) groups is 1. The first kappa shape index (κ1) is 17.6. The van der Waals surface area contributed by atoms with Crippen LogP contribution in [-0.4, -0.2) is 27.9 Å². The van der Waals surface area contributed by atoms with Gasteiger partial charge in [-0.1, -0.05) is 18.2 Å². The van der Waals surface area contributed by atoms with Gasteiger partial charge in [-0.25, -0.2) is 0 Å². The molecule has 0 aliphatic rings. The van der Waals surface area contributed by atoms with Crippen LogP contribution in [0.3, 0.4) is 0 Å². The van der Waals surface area contributed by atoms with Gasteiger partial charge in [0, 0.05) is 37.9 Å². The monoisotopic (exact) mass is 347 g/mol. The summed E-state index contributed by atoms with van der Waals surface area (Å²) in [5, 5.41) is 0. The molecule has 0 saturated heterocycles. The van der Waals surface area contributed by atoms with Gasteiger partial charge in [-0.3, -0.25) is 14.8 Å². The highest BCUT2D eigenvalue weighted by Crippen LogP contribution is 2.15. The van der Waals surface area contributed by atoms with Crippen LogP contribution in [0.1, 0.15) is 16.7 Å². The molecule has 0 aliphatic heterocycles. The van der Waals surface area contributed by atoms with Crippen molar-refractivity contribution in [3.05, 3.63) is 90.0 Å². The lowest BCUT2D eigenvalue weighted by Crippen LogP contribution is -2.31. The topological polar surface area (TPSA) is 55.3 Å². The Morgan fingerprint density at radius 1 is 0.885 bits per heavy atom. The molecule has 0 spiro atoms. The van der Waals surface area contributed by atoms with E-state index in [1.807, 2.05) is 53.4 Å². The van der Waals surface area contributed by atoms with E-state index in [0.717, 1.165) is 22.4 Å².